The van der Waals surface area contributed by atoms with Crippen LogP contribution in [0.3, 0.4) is 0 Å². The number of anilines is 2. The van der Waals surface area contributed by atoms with Gasteiger partial charge in [-0.3, -0.25) is 0 Å². The molecule has 0 radical (unpaired) electrons. The van der Waals surface area contributed by atoms with Crippen molar-refractivity contribution in [3.8, 4) is 17.6 Å². The zero-order valence-electron chi connectivity index (χ0n) is 29.4. The number of likely N-dealkylation sites (N-methyl/N-ethyl adjacent to an activating group) is 1. The van der Waals surface area contributed by atoms with Crippen molar-refractivity contribution in [3.05, 3.63) is 48.2 Å². The van der Waals surface area contributed by atoms with Gasteiger partial charge in [0.1, 0.15) is 12.3 Å². The van der Waals surface area contributed by atoms with Gasteiger partial charge in [0, 0.05) is 43.3 Å². The topological polar surface area (TPSA) is 133 Å². The Kier molecular flexibility index (Phi) is 15.2. The maximum Gasteiger partial charge on any atom is 0.406 e. The predicted molar refractivity (Wildman–Crippen MR) is 192 cm³/mol. The maximum atomic E-state index is 13.7. The fraction of sp³-hybridized carbons (Fsp3) is 0.543. The molecule has 1 saturated heterocycles. The molecule has 2 heterocycles. The molecule has 1 aliphatic rings. The minimum Gasteiger partial charge on any atom is -0.495 e. The smallest absolute Gasteiger partial charge is 0.406 e. The lowest BCUT2D eigenvalue weighted by Gasteiger charge is -2.30. The SMILES string of the molecule is COc1cc(S(=O)(=O)N(C)CCOCCOCCOCCN)ccc1NCC#Cc1cc2c(NC3CCN(C)CC3)cccc2n1CC(F)(F)F. The van der Waals surface area contributed by atoms with Crippen LogP contribution in [0.5, 0.6) is 5.75 Å². The second-order valence-electron chi connectivity index (χ2n) is 12.2. The molecular weight excluding hydrogens is 689 g/mol. The first-order valence-electron chi connectivity index (χ1n) is 16.9. The van der Waals surface area contributed by atoms with Gasteiger partial charge in [-0.05, 0) is 69.2 Å². The van der Waals surface area contributed by atoms with Crippen LogP contribution in [0.25, 0.3) is 10.9 Å². The molecule has 0 bridgehead atoms. The highest BCUT2D eigenvalue weighted by atomic mass is 32.2. The summed E-state index contributed by atoms with van der Waals surface area (Å²) in [5.41, 5.74) is 7.31. The van der Waals surface area contributed by atoms with Gasteiger partial charge in [0.2, 0.25) is 10.0 Å². The van der Waals surface area contributed by atoms with Gasteiger partial charge in [-0.1, -0.05) is 12.0 Å². The zero-order chi connectivity index (χ0) is 36.9. The lowest BCUT2D eigenvalue weighted by Crippen LogP contribution is -2.36. The van der Waals surface area contributed by atoms with E-state index in [1.54, 1.807) is 24.3 Å². The molecule has 2 aromatic carbocycles. The van der Waals surface area contributed by atoms with E-state index in [4.69, 9.17) is 24.7 Å². The largest absolute Gasteiger partial charge is 0.495 e. The molecule has 1 aliphatic heterocycles. The summed E-state index contributed by atoms with van der Waals surface area (Å²) in [5.74, 6) is 6.10. The highest BCUT2D eigenvalue weighted by Crippen LogP contribution is 2.32. The van der Waals surface area contributed by atoms with E-state index in [1.165, 1.54) is 35.2 Å². The fourth-order valence-corrected chi connectivity index (χ4v) is 6.78. The van der Waals surface area contributed by atoms with E-state index in [1.807, 2.05) is 6.07 Å². The van der Waals surface area contributed by atoms with Crippen LogP contribution in [-0.2, 0) is 30.8 Å². The number of halogens is 3. The lowest BCUT2D eigenvalue weighted by molar-refractivity contribution is -0.140. The van der Waals surface area contributed by atoms with Crippen molar-refractivity contribution in [3.63, 3.8) is 0 Å². The van der Waals surface area contributed by atoms with Crippen LogP contribution >= 0.6 is 0 Å². The number of fused-ring (bicyclic) bond motifs is 1. The van der Waals surface area contributed by atoms with Crippen molar-refractivity contribution >= 4 is 32.3 Å². The van der Waals surface area contributed by atoms with Gasteiger partial charge >= 0.3 is 6.18 Å². The molecule has 282 valence electrons. The number of methoxy groups -OCH3 is 1. The van der Waals surface area contributed by atoms with Gasteiger partial charge in [-0.15, -0.1) is 0 Å². The molecule has 0 atom stereocenters. The lowest BCUT2D eigenvalue weighted by atomic mass is 10.0. The van der Waals surface area contributed by atoms with Gasteiger partial charge in [0.15, 0.2) is 0 Å². The van der Waals surface area contributed by atoms with Crippen LogP contribution in [-0.4, -0.2) is 128 Å². The van der Waals surface area contributed by atoms with Gasteiger partial charge in [-0.2, -0.15) is 17.5 Å². The first-order valence-corrected chi connectivity index (χ1v) is 18.3. The van der Waals surface area contributed by atoms with Crippen molar-refractivity contribution < 1.29 is 40.5 Å². The van der Waals surface area contributed by atoms with Crippen molar-refractivity contribution in [1.82, 2.24) is 13.8 Å². The summed E-state index contributed by atoms with van der Waals surface area (Å²) in [4.78, 5) is 2.29. The standard InChI is InChI=1S/C35H49F3N6O6S/c1-42-15-11-27(12-16-42)41-31-7-4-8-33-30(31)24-28(44(33)26-35(36,37)38)6-5-14-40-32-10-9-29(25-34(32)47-3)51(45,46)43(2)17-19-49-21-23-50-22-20-48-18-13-39/h4,7-10,24-25,27,40-41H,11-23,26,39H2,1-3H3. The third-order valence-corrected chi connectivity index (χ3v) is 10.2. The van der Waals surface area contributed by atoms with E-state index in [0.717, 1.165) is 31.6 Å². The second kappa shape index (κ2) is 19.3. The number of hydrogen-bond acceptors (Lipinski definition) is 10. The van der Waals surface area contributed by atoms with Crippen molar-refractivity contribution in [2.75, 3.05) is 104 Å². The Hall–Kier alpha value is -3.56. The van der Waals surface area contributed by atoms with Crippen molar-refractivity contribution in [1.29, 1.82) is 0 Å². The quantitative estimate of drug-likeness (QED) is 0.123. The number of nitrogens with zero attached hydrogens (tertiary/aromatic N) is 3. The fourth-order valence-electron chi connectivity index (χ4n) is 5.61. The third-order valence-electron chi connectivity index (χ3n) is 8.38. The molecule has 16 heteroatoms. The maximum absolute atomic E-state index is 13.7. The van der Waals surface area contributed by atoms with E-state index in [2.05, 4.69) is 34.4 Å². The Balaban J connectivity index is 1.38. The number of hydrogen-bond donors (Lipinski definition) is 3. The van der Waals surface area contributed by atoms with Gasteiger partial charge in [0.05, 0.1) is 75.1 Å². The monoisotopic (exact) mass is 738 g/mol. The average molecular weight is 739 g/mol. The minimum atomic E-state index is -4.44. The van der Waals surface area contributed by atoms with Crippen molar-refractivity contribution in [2.45, 2.75) is 36.5 Å². The molecule has 3 aromatic rings. The molecule has 0 saturated carbocycles. The zero-order valence-corrected chi connectivity index (χ0v) is 30.2. The summed E-state index contributed by atoms with van der Waals surface area (Å²) < 4.78 is 91.4. The van der Waals surface area contributed by atoms with Crippen LogP contribution in [0.2, 0.25) is 0 Å². The Morgan fingerprint density at radius 2 is 1.67 bits per heavy atom. The summed E-state index contributed by atoms with van der Waals surface area (Å²) >= 11 is 0. The van der Waals surface area contributed by atoms with Gasteiger partial charge in [0.25, 0.3) is 0 Å². The van der Waals surface area contributed by atoms with Crippen LogP contribution in [0.4, 0.5) is 24.5 Å². The molecule has 0 spiro atoms. The third kappa shape index (κ3) is 12.0. The molecule has 0 unspecified atom stereocenters. The number of likely N-dealkylation sites (tertiary alicyclic amines) is 1. The number of nitrogens with one attached hydrogen (secondary N) is 2. The number of nitrogens with two attached hydrogens (primary N) is 1. The molecule has 1 fully saturated rings. The molecular formula is C35H49F3N6O6S. The van der Waals surface area contributed by atoms with Gasteiger partial charge in [-0.25, -0.2) is 8.42 Å². The minimum absolute atomic E-state index is 0.0284. The number of alkyl halides is 3. The molecule has 4 rings (SSSR count). The normalized spacial score (nSPS) is 14.5. The van der Waals surface area contributed by atoms with Gasteiger partial charge < -0.3 is 44.8 Å². The molecule has 51 heavy (non-hydrogen) atoms. The summed E-state index contributed by atoms with van der Waals surface area (Å²) in [5, 5.41) is 7.31. The molecule has 0 aliphatic carbocycles. The van der Waals surface area contributed by atoms with Crippen LogP contribution in [0.1, 0.15) is 18.5 Å². The summed E-state index contributed by atoms with van der Waals surface area (Å²) in [7, 11) is 1.10. The van der Waals surface area contributed by atoms with E-state index in [0.29, 0.717) is 56.2 Å². The van der Waals surface area contributed by atoms with Crippen LogP contribution < -0.4 is 21.1 Å². The Morgan fingerprint density at radius 1 is 0.980 bits per heavy atom. The van der Waals surface area contributed by atoms with E-state index < -0.39 is 22.7 Å². The number of ether oxygens (including phenoxy) is 4. The van der Waals surface area contributed by atoms with E-state index >= 15 is 0 Å². The van der Waals surface area contributed by atoms with E-state index in [9.17, 15) is 21.6 Å². The predicted octanol–water partition coefficient (Wildman–Crippen LogP) is 3.81. The molecule has 4 N–H and O–H groups in total. The number of sulfonamides is 1. The summed E-state index contributed by atoms with van der Waals surface area (Å²) in [6.07, 6.45) is -2.55. The Bertz CT molecular complexity index is 1720. The highest BCUT2D eigenvalue weighted by Gasteiger charge is 2.30. The average Bonchev–Trinajstić information content (AvgIpc) is 3.44. The highest BCUT2D eigenvalue weighted by molar-refractivity contribution is 7.89. The number of piperidine rings is 1. The molecule has 12 nitrogen and oxygen atoms in total. The summed E-state index contributed by atoms with van der Waals surface area (Å²) in [6, 6.07) is 11.7. The van der Waals surface area contributed by atoms with Crippen LogP contribution in [0, 0.1) is 11.8 Å². The number of aromatic nitrogens is 1. The van der Waals surface area contributed by atoms with Crippen molar-refractivity contribution in [2.24, 2.45) is 5.73 Å². The first kappa shape index (κ1) is 40.2. The van der Waals surface area contributed by atoms with Crippen LogP contribution in [0.15, 0.2) is 47.4 Å². The molecule has 1 aromatic heterocycles. The molecule has 0 amide bonds. The number of rotatable bonds is 19. The second-order valence-corrected chi connectivity index (χ2v) is 14.2. The Morgan fingerprint density at radius 3 is 2.33 bits per heavy atom. The van der Waals surface area contributed by atoms with E-state index in [-0.39, 0.29) is 42.1 Å². The number of benzene rings is 2. The Labute approximate surface area is 298 Å². The first-order chi connectivity index (χ1) is 24.4. The summed E-state index contributed by atoms with van der Waals surface area (Å²) in [6.45, 7) is 3.56.